The zero-order valence-electron chi connectivity index (χ0n) is 11.5. The summed E-state index contributed by atoms with van der Waals surface area (Å²) in [7, 11) is 3.88. The third kappa shape index (κ3) is 4.01. The van der Waals surface area contributed by atoms with Crippen LogP contribution in [-0.2, 0) is 19.1 Å². The molecule has 0 atom stereocenters. The van der Waals surface area contributed by atoms with Crippen LogP contribution in [0.2, 0.25) is 0 Å². The molecule has 0 bridgehead atoms. The van der Waals surface area contributed by atoms with Crippen LogP contribution in [-0.4, -0.2) is 38.4 Å². The van der Waals surface area contributed by atoms with Crippen molar-refractivity contribution in [3.05, 3.63) is 29.3 Å². The molecule has 0 radical (unpaired) electrons. The van der Waals surface area contributed by atoms with Gasteiger partial charge >= 0.3 is 11.9 Å². The Bertz CT molecular complexity index is 532. The van der Waals surface area contributed by atoms with Crippen LogP contribution in [0.3, 0.4) is 0 Å². The summed E-state index contributed by atoms with van der Waals surface area (Å²) >= 11 is 0. The molecular weight excluding hydrogens is 264 g/mol. The molecule has 0 aromatic heterocycles. The van der Waals surface area contributed by atoms with Crippen molar-refractivity contribution in [1.82, 2.24) is 0 Å². The number of aromatic hydroxyl groups is 1. The van der Waals surface area contributed by atoms with Crippen LogP contribution in [0.1, 0.15) is 12.0 Å². The van der Waals surface area contributed by atoms with Crippen LogP contribution in [0.5, 0.6) is 11.5 Å². The maximum atomic E-state index is 11.6. The van der Waals surface area contributed by atoms with Crippen molar-refractivity contribution in [3.8, 4) is 11.5 Å². The summed E-state index contributed by atoms with van der Waals surface area (Å²) in [4.78, 5) is 22.9. The fraction of sp³-hybridized carbons (Fsp3) is 0.286. The van der Waals surface area contributed by atoms with Crippen LogP contribution in [0.25, 0.3) is 6.08 Å². The maximum Gasteiger partial charge on any atom is 0.334 e. The second-order valence-electron chi connectivity index (χ2n) is 3.85. The van der Waals surface area contributed by atoms with Crippen LogP contribution < -0.4 is 4.74 Å². The fourth-order valence-corrected chi connectivity index (χ4v) is 1.53. The van der Waals surface area contributed by atoms with Crippen molar-refractivity contribution in [2.45, 2.75) is 6.42 Å². The van der Waals surface area contributed by atoms with Crippen molar-refractivity contribution >= 4 is 18.0 Å². The van der Waals surface area contributed by atoms with Gasteiger partial charge in [-0.2, -0.15) is 0 Å². The number of carbonyl (C=O) groups excluding carboxylic acids is 2. The molecule has 20 heavy (non-hydrogen) atoms. The third-order valence-corrected chi connectivity index (χ3v) is 2.55. The molecule has 0 aliphatic carbocycles. The molecule has 6 nitrogen and oxygen atoms in total. The summed E-state index contributed by atoms with van der Waals surface area (Å²) in [6.45, 7) is 0. The quantitative estimate of drug-likeness (QED) is 0.650. The molecule has 108 valence electrons. The molecule has 0 saturated carbocycles. The Hall–Kier alpha value is -2.50. The molecule has 0 spiro atoms. The van der Waals surface area contributed by atoms with Gasteiger partial charge in [0.05, 0.1) is 27.8 Å². The van der Waals surface area contributed by atoms with Gasteiger partial charge in [0.1, 0.15) is 0 Å². The van der Waals surface area contributed by atoms with Gasteiger partial charge in [-0.15, -0.1) is 0 Å². The first-order valence-corrected chi connectivity index (χ1v) is 5.74. The monoisotopic (exact) mass is 280 g/mol. The summed E-state index contributed by atoms with van der Waals surface area (Å²) in [5, 5.41) is 9.50. The average Bonchev–Trinajstić information content (AvgIpc) is 2.47. The Morgan fingerprint density at radius 3 is 2.45 bits per heavy atom. The van der Waals surface area contributed by atoms with Gasteiger partial charge in [0, 0.05) is 5.57 Å². The van der Waals surface area contributed by atoms with E-state index >= 15 is 0 Å². The second-order valence-corrected chi connectivity index (χ2v) is 3.85. The number of methoxy groups -OCH3 is 3. The van der Waals surface area contributed by atoms with E-state index in [2.05, 4.69) is 9.47 Å². The van der Waals surface area contributed by atoms with Crippen molar-refractivity contribution < 1.29 is 28.9 Å². The Morgan fingerprint density at radius 1 is 1.20 bits per heavy atom. The number of esters is 2. The van der Waals surface area contributed by atoms with Crippen LogP contribution in [0.15, 0.2) is 23.8 Å². The minimum atomic E-state index is -0.623. The highest BCUT2D eigenvalue weighted by molar-refractivity contribution is 5.98. The molecule has 1 aromatic carbocycles. The largest absolute Gasteiger partial charge is 0.504 e. The maximum absolute atomic E-state index is 11.6. The van der Waals surface area contributed by atoms with E-state index in [9.17, 15) is 14.7 Å². The molecule has 0 unspecified atom stereocenters. The first-order valence-electron chi connectivity index (χ1n) is 5.74. The van der Waals surface area contributed by atoms with E-state index < -0.39 is 11.9 Å². The van der Waals surface area contributed by atoms with E-state index in [0.717, 1.165) is 0 Å². The topological polar surface area (TPSA) is 82.1 Å². The number of hydrogen-bond acceptors (Lipinski definition) is 6. The predicted octanol–water partition coefficient (Wildman–Crippen LogP) is 1.52. The summed E-state index contributed by atoms with van der Waals surface area (Å²) in [5.74, 6) is -0.923. The molecule has 0 aliphatic heterocycles. The number of phenols is 1. The number of ether oxygens (including phenoxy) is 3. The smallest absolute Gasteiger partial charge is 0.334 e. The molecule has 0 saturated heterocycles. The van der Waals surface area contributed by atoms with Gasteiger partial charge in [0.2, 0.25) is 0 Å². The highest BCUT2D eigenvalue weighted by atomic mass is 16.5. The van der Waals surface area contributed by atoms with Gasteiger partial charge < -0.3 is 19.3 Å². The summed E-state index contributed by atoms with van der Waals surface area (Å²) < 4.78 is 14.1. The van der Waals surface area contributed by atoms with Crippen LogP contribution in [0, 0.1) is 0 Å². The van der Waals surface area contributed by atoms with Gasteiger partial charge in [-0.3, -0.25) is 4.79 Å². The molecule has 0 heterocycles. The van der Waals surface area contributed by atoms with E-state index in [4.69, 9.17) is 4.74 Å². The van der Waals surface area contributed by atoms with Crippen molar-refractivity contribution in [2.75, 3.05) is 21.3 Å². The van der Waals surface area contributed by atoms with E-state index in [1.165, 1.54) is 39.5 Å². The zero-order chi connectivity index (χ0) is 15.1. The number of hydrogen-bond donors (Lipinski definition) is 1. The van der Waals surface area contributed by atoms with Crippen LogP contribution in [0.4, 0.5) is 0 Å². The lowest BCUT2D eigenvalue weighted by molar-refractivity contribution is -0.143. The van der Waals surface area contributed by atoms with Gasteiger partial charge in [0.15, 0.2) is 11.5 Å². The number of rotatable bonds is 5. The lowest BCUT2D eigenvalue weighted by Gasteiger charge is -2.07. The minimum absolute atomic E-state index is 0.0164. The van der Waals surface area contributed by atoms with Crippen molar-refractivity contribution in [1.29, 1.82) is 0 Å². The minimum Gasteiger partial charge on any atom is -0.504 e. The van der Waals surface area contributed by atoms with E-state index in [1.807, 2.05) is 0 Å². The molecule has 0 aliphatic rings. The standard InChI is InChI=1S/C14H16O6/c1-18-12-7-9(4-5-11(12)15)6-10(14(17)20-3)8-13(16)19-2/h4-7,15H,8H2,1-3H3/b10-6+. The molecule has 1 aromatic rings. The number of benzene rings is 1. The Balaban J connectivity index is 3.12. The molecule has 1 N–H and O–H groups in total. The Kier molecular flexibility index (Phi) is 5.58. The molecule has 0 amide bonds. The molecule has 0 fully saturated rings. The van der Waals surface area contributed by atoms with Crippen LogP contribution >= 0.6 is 0 Å². The zero-order valence-corrected chi connectivity index (χ0v) is 11.5. The average molecular weight is 280 g/mol. The van der Waals surface area contributed by atoms with Gasteiger partial charge in [-0.1, -0.05) is 6.07 Å². The lowest BCUT2D eigenvalue weighted by Crippen LogP contribution is -2.10. The SMILES string of the molecule is COC(=O)C/C(=C\c1ccc(O)c(OC)c1)C(=O)OC. The Labute approximate surface area is 116 Å². The van der Waals surface area contributed by atoms with Crippen molar-refractivity contribution in [2.24, 2.45) is 0 Å². The predicted molar refractivity (Wildman–Crippen MR) is 71.3 cm³/mol. The van der Waals surface area contributed by atoms with E-state index in [0.29, 0.717) is 5.56 Å². The van der Waals surface area contributed by atoms with E-state index in [1.54, 1.807) is 6.07 Å². The lowest BCUT2D eigenvalue weighted by atomic mass is 10.1. The normalized spacial score (nSPS) is 10.8. The van der Waals surface area contributed by atoms with Gasteiger partial charge in [-0.25, -0.2) is 4.79 Å². The third-order valence-electron chi connectivity index (χ3n) is 2.55. The van der Waals surface area contributed by atoms with Gasteiger partial charge in [-0.05, 0) is 23.8 Å². The molecular formula is C14H16O6. The summed E-state index contributed by atoms with van der Waals surface area (Å²) in [6, 6.07) is 4.55. The second kappa shape index (κ2) is 7.18. The molecule has 6 heteroatoms. The van der Waals surface area contributed by atoms with E-state index in [-0.39, 0.29) is 23.5 Å². The fourth-order valence-electron chi connectivity index (χ4n) is 1.53. The highest BCUT2D eigenvalue weighted by Gasteiger charge is 2.15. The number of phenolic OH excluding ortho intramolecular Hbond substituents is 1. The van der Waals surface area contributed by atoms with Crippen molar-refractivity contribution in [3.63, 3.8) is 0 Å². The number of carbonyl (C=O) groups is 2. The summed E-state index contributed by atoms with van der Waals surface area (Å²) in [6.07, 6.45) is 1.27. The molecule has 1 rings (SSSR count). The highest BCUT2D eigenvalue weighted by Crippen LogP contribution is 2.27. The Morgan fingerprint density at radius 2 is 1.90 bits per heavy atom. The first-order chi connectivity index (χ1) is 9.51. The first kappa shape index (κ1) is 15.6. The van der Waals surface area contributed by atoms with Gasteiger partial charge in [0.25, 0.3) is 0 Å². The summed E-state index contributed by atoms with van der Waals surface area (Å²) in [5.41, 5.74) is 0.732.